The summed E-state index contributed by atoms with van der Waals surface area (Å²) in [6, 6.07) is 0. The molecule has 0 amide bonds. The summed E-state index contributed by atoms with van der Waals surface area (Å²) in [6.07, 6.45) is 2.70. The standard InChI is InChI=1S/C8H14ClNO/c1-4-5-8(7(2)3)11-10-6-9/h4,6-8H,1,5H2,2-3H3/b10-6+. The second kappa shape index (κ2) is 6.23. The Kier molecular flexibility index (Phi) is 5.94. The summed E-state index contributed by atoms with van der Waals surface area (Å²) in [5, 5.41) is 3.50. The zero-order valence-corrected chi connectivity index (χ0v) is 7.71. The van der Waals surface area contributed by atoms with Crippen LogP contribution in [0.2, 0.25) is 0 Å². The fourth-order valence-corrected chi connectivity index (χ4v) is 0.748. The van der Waals surface area contributed by atoms with Crippen LogP contribution >= 0.6 is 11.6 Å². The van der Waals surface area contributed by atoms with Gasteiger partial charge in [-0.05, 0) is 5.92 Å². The molecule has 0 spiro atoms. The lowest BCUT2D eigenvalue weighted by atomic mass is 10.0. The van der Waals surface area contributed by atoms with E-state index in [1.807, 2.05) is 6.08 Å². The van der Waals surface area contributed by atoms with Gasteiger partial charge in [0.05, 0.1) is 0 Å². The van der Waals surface area contributed by atoms with Crippen LogP contribution < -0.4 is 0 Å². The normalized spacial score (nSPS) is 13.8. The maximum absolute atomic E-state index is 5.21. The molecular weight excluding hydrogens is 162 g/mol. The average Bonchev–Trinajstić information content (AvgIpc) is 1.97. The minimum atomic E-state index is 0.0856. The molecule has 0 heterocycles. The molecule has 1 atom stereocenters. The average molecular weight is 176 g/mol. The van der Waals surface area contributed by atoms with Crippen LogP contribution in [0.3, 0.4) is 0 Å². The van der Waals surface area contributed by atoms with E-state index in [4.69, 9.17) is 16.4 Å². The predicted molar refractivity (Wildman–Crippen MR) is 48.9 cm³/mol. The van der Waals surface area contributed by atoms with Crippen LogP contribution in [0.5, 0.6) is 0 Å². The van der Waals surface area contributed by atoms with Crippen LogP contribution in [0.15, 0.2) is 17.8 Å². The van der Waals surface area contributed by atoms with Gasteiger partial charge in [-0.3, -0.25) is 0 Å². The van der Waals surface area contributed by atoms with Gasteiger partial charge in [-0.1, -0.05) is 36.7 Å². The molecule has 3 heteroatoms. The van der Waals surface area contributed by atoms with Gasteiger partial charge in [0.2, 0.25) is 0 Å². The third kappa shape index (κ3) is 4.85. The molecule has 0 saturated heterocycles. The fourth-order valence-electron chi connectivity index (χ4n) is 0.702. The Hall–Kier alpha value is -0.500. The van der Waals surface area contributed by atoms with Gasteiger partial charge in [-0.15, -0.1) is 6.58 Å². The highest BCUT2D eigenvalue weighted by Crippen LogP contribution is 2.11. The highest BCUT2D eigenvalue weighted by molar-refractivity contribution is 6.56. The molecule has 2 nitrogen and oxygen atoms in total. The SMILES string of the molecule is C=CCC(O/N=C/Cl)C(C)C. The molecule has 0 N–H and O–H groups in total. The van der Waals surface area contributed by atoms with Gasteiger partial charge < -0.3 is 4.84 Å². The highest BCUT2D eigenvalue weighted by atomic mass is 35.5. The zero-order chi connectivity index (χ0) is 8.69. The minimum absolute atomic E-state index is 0.0856. The number of halogens is 1. The molecule has 0 rings (SSSR count). The van der Waals surface area contributed by atoms with Crippen molar-refractivity contribution in [2.75, 3.05) is 0 Å². The van der Waals surface area contributed by atoms with Crippen LogP contribution in [0.25, 0.3) is 0 Å². The first-order valence-electron chi connectivity index (χ1n) is 3.61. The Morgan fingerprint density at radius 1 is 1.64 bits per heavy atom. The topological polar surface area (TPSA) is 21.6 Å². The van der Waals surface area contributed by atoms with Crippen LogP contribution in [-0.4, -0.2) is 11.8 Å². The molecule has 64 valence electrons. The maximum Gasteiger partial charge on any atom is 0.133 e. The Morgan fingerprint density at radius 3 is 2.64 bits per heavy atom. The minimum Gasteiger partial charge on any atom is -0.391 e. The van der Waals surface area contributed by atoms with Gasteiger partial charge in [0.15, 0.2) is 0 Å². The number of oxime groups is 1. The van der Waals surface area contributed by atoms with E-state index in [-0.39, 0.29) is 6.10 Å². The maximum atomic E-state index is 5.21. The van der Waals surface area contributed by atoms with Crippen molar-refractivity contribution < 1.29 is 4.84 Å². The molecule has 0 aromatic carbocycles. The van der Waals surface area contributed by atoms with Crippen molar-refractivity contribution in [2.24, 2.45) is 11.1 Å². The number of rotatable bonds is 5. The van der Waals surface area contributed by atoms with Crippen molar-refractivity contribution in [3.8, 4) is 0 Å². The lowest BCUT2D eigenvalue weighted by molar-refractivity contribution is 0.0305. The van der Waals surface area contributed by atoms with E-state index in [9.17, 15) is 0 Å². The van der Waals surface area contributed by atoms with Crippen molar-refractivity contribution in [3.63, 3.8) is 0 Å². The molecule has 0 aromatic rings. The largest absolute Gasteiger partial charge is 0.391 e. The molecule has 11 heavy (non-hydrogen) atoms. The molecule has 0 aliphatic heterocycles. The van der Waals surface area contributed by atoms with Crippen molar-refractivity contribution in [2.45, 2.75) is 26.4 Å². The first-order valence-corrected chi connectivity index (χ1v) is 4.04. The Labute approximate surface area is 72.9 Å². The molecule has 0 radical (unpaired) electrons. The smallest absolute Gasteiger partial charge is 0.133 e. The zero-order valence-electron chi connectivity index (χ0n) is 6.96. The third-order valence-electron chi connectivity index (χ3n) is 1.38. The van der Waals surface area contributed by atoms with Gasteiger partial charge in [0.1, 0.15) is 11.8 Å². The summed E-state index contributed by atoms with van der Waals surface area (Å²) >= 11 is 5.21. The lowest BCUT2D eigenvalue weighted by Gasteiger charge is -2.15. The van der Waals surface area contributed by atoms with Crippen LogP contribution in [0.1, 0.15) is 20.3 Å². The van der Waals surface area contributed by atoms with Crippen molar-refractivity contribution in [1.29, 1.82) is 0 Å². The van der Waals surface area contributed by atoms with Crippen molar-refractivity contribution in [1.82, 2.24) is 0 Å². The van der Waals surface area contributed by atoms with E-state index in [2.05, 4.69) is 25.6 Å². The van der Waals surface area contributed by atoms with Crippen molar-refractivity contribution in [3.05, 3.63) is 12.7 Å². The summed E-state index contributed by atoms with van der Waals surface area (Å²) in [7, 11) is 0. The summed E-state index contributed by atoms with van der Waals surface area (Å²) in [5.74, 6) is 0.424. The van der Waals surface area contributed by atoms with Gasteiger partial charge in [0, 0.05) is 6.42 Å². The predicted octanol–water partition coefficient (Wildman–Crippen LogP) is 2.79. The lowest BCUT2D eigenvalue weighted by Crippen LogP contribution is -2.16. The Balaban J connectivity index is 3.78. The van der Waals surface area contributed by atoms with Gasteiger partial charge in [0.25, 0.3) is 0 Å². The van der Waals surface area contributed by atoms with E-state index in [0.717, 1.165) is 12.1 Å². The summed E-state index contributed by atoms with van der Waals surface area (Å²) < 4.78 is 0. The van der Waals surface area contributed by atoms with E-state index in [0.29, 0.717) is 5.92 Å². The molecule has 0 aliphatic rings. The van der Waals surface area contributed by atoms with E-state index in [1.165, 1.54) is 0 Å². The number of hydrogen-bond acceptors (Lipinski definition) is 2. The number of hydrogen-bond donors (Lipinski definition) is 0. The van der Waals surface area contributed by atoms with E-state index in [1.54, 1.807) is 0 Å². The quantitative estimate of drug-likeness (QED) is 0.358. The summed E-state index contributed by atoms with van der Waals surface area (Å²) in [5.41, 5.74) is 1.12. The molecule has 0 saturated carbocycles. The third-order valence-corrected chi connectivity index (χ3v) is 1.46. The van der Waals surface area contributed by atoms with E-state index < -0.39 is 0 Å². The molecule has 0 fully saturated rings. The Bertz CT molecular complexity index is 134. The first-order chi connectivity index (χ1) is 5.22. The number of nitrogens with zero attached hydrogens (tertiary/aromatic N) is 1. The fraction of sp³-hybridized carbons (Fsp3) is 0.625. The summed E-state index contributed by atoms with van der Waals surface area (Å²) in [4.78, 5) is 5.06. The molecule has 0 aliphatic carbocycles. The molecular formula is C8H14ClNO. The Morgan fingerprint density at radius 2 is 2.27 bits per heavy atom. The van der Waals surface area contributed by atoms with Gasteiger partial charge in [-0.25, -0.2) is 0 Å². The van der Waals surface area contributed by atoms with Gasteiger partial charge >= 0.3 is 0 Å². The monoisotopic (exact) mass is 175 g/mol. The highest BCUT2D eigenvalue weighted by Gasteiger charge is 2.11. The molecule has 0 bridgehead atoms. The van der Waals surface area contributed by atoms with E-state index >= 15 is 0 Å². The second-order valence-electron chi connectivity index (χ2n) is 2.62. The molecule has 0 aromatic heterocycles. The van der Waals surface area contributed by atoms with Crippen LogP contribution in [0, 0.1) is 5.92 Å². The van der Waals surface area contributed by atoms with Crippen LogP contribution in [-0.2, 0) is 4.84 Å². The first kappa shape index (κ1) is 10.5. The van der Waals surface area contributed by atoms with Crippen molar-refractivity contribution >= 4 is 17.3 Å². The molecule has 1 unspecified atom stereocenters. The second-order valence-corrected chi connectivity index (χ2v) is 2.81. The summed E-state index contributed by atoms with van der Waals surface area (Å²) in [6.45, 7) is 7.76. The van der Waals surface area contributed by atoms with Crippen LogP contribution in [0.4, 0.5) is 0 Å². The van der Waals surface area contributed by atoms with Gasteiger partial charge in [-0.2, -0.15) is 0 Å².